The standard InChI is InChI=1S/C14H25N3O2S2/c1-3-7-21(18,19)12-13(15)17-20-14(12)16-9-11-6-4-5-10(2)8-11/h10-11,16H,3-9H2,1-2H3,(H2,15,17). The molecule has 21 heavy (non-hydrogen) atoms. The molecule has 1 heterocycles. The molecule has 2 rings (SSSR count). The van der Waals surface area contributed by atoms with E-state index in [1.807, 2.05) is 6.92 Å². The molecule has 1 aliphatic carbocycles. The van der Waals surface area contributed by atoms with Gasteiger partial charge in [0.1, 0.15) is 9.90 Å². The van der Waals surface area contributed by atoms with Crippen LogP contribution in [0.1, 0.15) is 46.0 Å². The maximum atomic E-state index is 12.3. The molecule has 2 unspecified atom stereocenters. The highest BCUT2D eigenvalue weighted by atomic mass is 32.2. The molecule has 7 heteroatoms. The Morgan fingerprint density at radius 1 is 1.43 bits per heavy atom. The van der Waals surface area contributed by atoms with Crippen LogP contribution in [-0.4, -0.2) is 25.1 Å². The minimum Gasteiger partial charge on any atom is -0.382 e. The Labute approximate surface area is 131 Å². The van der Waals surface area contributed by atoms with Crippen LogP contribution < -0.4 is 11.1 Å². The highest BCUT2D eigenvalue weighted by molar-refractivity contribution is 7.91. The molecule has 1 aliphatic rings. The summed E-state index contributed by atoms with van der Waals surface area (Å²) in [6, 6.07) is 0. The Hall–Kier alpha value is -0.820. The molecule has 1 aromatic heterocycles. The lowest BCUT2D eigenvalue weighted by Crippen LogP contribution is -2.21. The fraction of sp³-hybridized carbons (Fsp3) is 0.786. The van der Waals surface area contributed by atoms with Crippen LogP contribution in [0.5, 0.6) is 0 Å². The second-order valence-corrected chi connectivity index (χ2v) is 8.88. The van der Waals surface area contributed by atoms with E-state index in [9.17, 15) is 8.42 Å². The topological polar surface area (TPSA) is 85.1 Å². The monoisotopic (exact) mass is 331 g/mol. The van der Waals surface area contributed by atoms with Gasteiger partial charge >= 0.3 is 0 Å². The van der Waals surface area contributed by atoms with E-state index >= 15 is 0 Å². The van der Waals surface area contributed by atoms with Crippen LogP contribution in [0.3, 0.4) is 0 Å². The average Bonchev–Trinajstić information content (AvgIpc) is 2.78. The molecule has 2 atom stereocenters. The first-order chi connectivity index (χ1) is 9.94. The van der Waals surface area contributed by atoms with Gasteiger partial charge in [0.25, 0.3) is 0 Å². The molecule has 0 spiro atoms. The molecule has 0 radical (unpaired) electrons. The SMILES string of the molecule is CCCS(=O)(=O)c1c(N)nsc1NCC1CCCC(C)C1. The number of aromatic nitrogens is 1. The Morgan fingerprint density at radius 2 is 2.19 bits per heavy atom. The Balaban J connectivity index is 2.07. The van der Waals surface area contributed by atoms with Crippen LogP contribution in [0.25, 0.3) is 0 Å². The number of nitrogen functional groups attached to an aromatic ring is 1. The zero-order valence-electron chi connectivity index (χ0n) is 12.8. The molecule has 0 amide bonds. The van der Waals surface area contributed by atoms with E-state index in [2.05, 4.69) is 16.6 Å². The highest BCUT2D eigenvalue weighted by Gasteiger charge is 2.26. The van der Waals surface area contributed by atoms with Crippen molar-refractivity contribution >= 4 is 32.2 Å². The number of hydrogen-bond acceptors (Lipinski definition) is 6. The Morgan fingerprint density at radius 3 is 2.86 bits per heavy atom. The largest absolute Gasteiger partial charge is 0.382 e. The van der Waals surface area contributed by atoms with Crippen LogP contribution in [0.4, 0.5) is 10.8 Å². The Bertz CT molecular complexity index is 569. The number of nitrogens with one attached hydrogen (secondary N) is 1. The van der Waals surface area contributed by atoms with Gasteiger partial charge in [-0.2, -0.15) is 4.37 Å². The van der Waals surface area contributed by atoms with Gasteiger partial charge in [0, 0.05) is 6.54 Å². The first-order valence-corrected chi connectivity index (χ1v) is 10.1. The molecule has 1 aromatic rings. The molecule has 0 aliphatic heterocycles. The van der Waals surface area contributed by atoms with Crippen molar-refractivity contribution in [3.05, 3.63) is 0 Å². The molecule has 5 nitrogen and oxygen atoms in total. The van der Waals surface area contributed by atoms with E-state index < -0.39 is 9.84 Å². The van der Waals surface area contributed by atoms with E-state index in [-0.39, 0.29) is 16.5 Å². The first kappa shape index (κ1) is 16.5. The minimum atomic E-state index is -3.33. The molecule has 1 fully saturated rings. The number of anilines is 2. The summed E-state index contributed by atoms with van der Waals surface area (Å²) in [5.74, 6) is 1.62. The fourth-order valence-corrected chi connectivity index (χ4v) is 5.69. The van der Waals surface area contributed by atoms with Gasteiger partial charge in [0.15, 0.2) is 15.7 Å². The van der Waals surface area contributed by atoms with Crippen molar-refractivity contribution in [3.63, 3.8) is 0 Å². The van der Waals surface area contributed by atoms with E-state index in [1.54, 1.807) is 0 Å². The van der Waals surface area contributed by atoms with Crippen molar-refractivity contribution in [2.45, 2.75) is 50.8 Å². The van der Waals surface area contributed by atoms with Crippen molar-refractivity contribution in [2.75, 3.05) is 23.3 Å². The van der Waals surface area contributed by atoms with Crippen molar-refractivity contribution < 1.29 is 8.42 Å². The molecular weight excluding hydrogens is 306 g/mol. The predicted octanol–water partition coefficient (Wildman–Crippen LogP) is 3.15. The van der Waals surface area contributed by atoms with Gasteiger partial charge in [-0.1, -0.05) is 26.7 Å². The second kappa shape index (κ2) is 6.96. The number of nitrogens with two attached hydrogens (primary N) is 1. The average molecular weight is 332 g/mol. The predicted molar refractivity (Wildman–Crippen MR) is 88.5 cm³/mol. The summed E-state index contributed by atoms with van der Waals surface area (Å²) < 4.78 is 28.6. The summed E-state index contributed by atoms with van der Waals surface area (Å²) >= 11 is 1.15. The number of sulfone groups is 1. The van der Waals surface area contributed by atoms with Crippen molar-refractivity contribution in [3.8, 4) is 0 Å². The summed E-state index contributed by atoms with van der Waals surface area (Å²) in [6.07, 6.45) is 5.57. The summed E-state index contributed by atoms with van der Waals surface area (Å²) in [6.45, 7) is 4.94. The van der Waals surface area contributed by atoms with Gasteiger partial charge < -0.3 is 11.1 Å². The Kier molecular flexibility index (Phi) is 5.48. The third-order valence-electron chi connectivity index (χ3n) is 4.05. The van der Waals surface area contributed by atoms with Crippen molar-refractivity contribution in [2.24, 2.45) is 11.8 Å². The van der Waals surface area contributed by atoms with Crippen LogP contribution in [0, 0.1) is 11.8 Å². The number of hydrogen-bond donors (Lipinski definition) is 2. The number of nitrogens with zero attached hydrogens (tertiary/aromatic N) is 1. The van der Waals surface area contributed by atoms with E-state index in [0.29, 0.717) is 17.3 Å². The molecule has 120 valence electrons. The summed E-state index contributed by atoms with van der Waals surface area (Å²) in [5, 5.41) is 3.90. The van der Waals surface area contributed by atoms with E-state index in [1.165, 1.54) is 25.7 Å². The fourth-order valence-electron chi connectivity index (χ4n) is 3.06. The van der Waals surface area contributed by atoms with Gasteiger partial charge in [-0.05, 0) is 42.6 Å². The summed E-state index contributed by atoms with van der Waals surface area (Å²) in [5.41, 5.74) is 5.77. The van der Waals surface area contributed by atoms with Gasteiger partial charge in [-0.15, -0.1) is 0 Å². The zero-order chi connectivity index (χ0) is 15.5. The molecule has 0 saturated heterocycles. The molecular formula is C14H25N3O2S2. The molecule has 0 aromatic carbocycles. The van der Waals surface area contributed by atoms with Gasteiger partial charge in [-0.25, -0.2) is 8.42 Å². The highest BCUT2D eigenvalue weighted by Crippen LogP contribution is 2.34. The first-order valence-electron chi connectivity index (χ1n) is 7.65. The van der Waals surface area contributed by atoms with Gasteiger partial charge in [0.05, 0.1) is 5.75 Å². The third kappa shape index (κ3) is 4.10. The van der Waals surface area contributed by atoms with Crippen LogP contribution in [-0.2, 0) is 9.84 Å². The van der Waals surface area contributed by atoms with Crippen molar-refractivity contribution in [1.29, 1.82) is 0 Å². The maximum Gasteiger partial charge on any atom is 0.185 e. The smallest absolute Gasteiger partial charge is 0.185 e. The minimum absolute atomic E-state index is 0.116. The molecule has 1 saturated carbocycles. The number of rotatable bonds is 6. The lowest BCUT2D eigenvalue weighted by molar-refractivity contribution is 0.293. The van der Waals surface area contributed by atoms with Crippen LogP contribution >= 0.6 is 11.5 Å². The van der Waals surface area contributed by atoms with Gasteiger partial charge in [0.2, 0.25) is 0 Å². The lowest BCUT2D eigenvalue weighted by atomic mass is 9.82. The zero-order valence-corrected chi connectivity index (χ0v) is 14.4. The third-order valence-corrected chi connectivity index (χ3v) is 6.98. The van der Waals surface area contributed by atoms with E-state index in [4.69, 9.17) is 5.73 Å². The molecule has 3 N–H and O–H groups in total. The lowest BCUT2D eigenvalue weighted by Gasteiger charge is -2.26. The quantitative estimate of drug-likeness (QED) is 0.836. The second-order valence-electron chi connectivity index (χ2n) is 6.06. The maximum absolute atomic E-state index is 12.3. The normalized spacial score (nSPS) is 23.1. The van der Waals surface area contributed by atoms with E-state index in [0.717, 1.165) is 24.0 Å². The van der Waals surface area contributed by atoms with Crippen LogP contribution in [0.15, 0.2) is 4.90 Å². The van der Waals surface area contributed by atoms with Crippen molar-refractivity contribution in [1.82, 2.24) is 4.37 Å². The summed E-state index contributed by atoms with van der Waals surface area (Å²) in [4.78, 5) is 0.207. The summed E-state index contributed by atoms with van der Waals surface area (Å²) in [7, 11) is -3.33. The van der Waals surface area contributed by atoms with Crippen LogP contribution in [0.2, 0.25) is 0 Å². The molecule has 0 bridgehead atoms. The van der Waals surface area contributed by atoms with Gasteiger partial charge in [-0.3, -0.25) is 0 Å².